The Bertz CT molecular complexity index is 879. The number of rotatable bonds is 9. The average Bonchev–Trinajstić information content (AvgIpc) is 2.75. The Labute approximate surface area is 175 Å². The van der Waals surface area contributed by atoms with Gasteiger partial charge in [-0.15, -0.1) is 0 Å². The molecule has 0 aliphatic carbocycles. The third-order valence-corrected chi connectivity index (χ3v) is 4.97. The second-order valence-corrected chi connectivity index (χ2v) is 6.96. The number of hydrogen-bond acceptors (Lipinski definition) is 5. The van der Waals surface area contributed by atoms with Gasteiger partial charge in [0.05, 0.1) is 11.3 Å². The first kappa shape index (κ1) is 22.2. The molecule has 0 bridgehead atoms. The zero-order chi connectivity index (χ0) is 21.6. The molecular weight excluding hydrogens is 393 g/mol. The maximum absolute atomic E-state index is 13.3. The molecule has 0 amide bonds. The number of aromatic nitrogens is 1. The van der Waals surface area contributed by atoms with Crippen LogP contribution in [0.4, 0.5) is 18.9 Å². The van der Waals surface area contributed by atoms with E-state index in [-0.39, 0.29) is 5.69 Å². The van der Waals surface area contributed by atoms with E-state index >= 15 is 0 Å². The maximum Gasteiger partial charge on any atom is 0.418 e. The Morgan fingerprint density at radius 1 is 1.13 bits per heavy atom. The third-order valence-electron chi connectivity index (χ3n) is 4.97. The maximum atomic E-state index is 13.3. The SMILES string of the molecule is CCN(CC)CCCOCC1=N[CH]c2ccc(-c3ncccc3C(F)(F)F)cc2N1. The van der Waals surface area contributed by atoms with Crippen molar-refractivity contribution in [3.05, 3.63) is 54.2 Å². The van der Waals surface area contributed by atoms with Crippen LogP contribution < -0.4 is 5.32 Å². The molecule has 1 radical (unpaired) electrons. The van der Waals surface area contributed by atoms with Crippen molar-refractivity contribution in [1.82, 2.24) is 9.88 Å². The van der Waals surface area contributed by atoms with Crippen molar-refractivity contribution in [2.24, 2.45) is 4.99 Å². The second-order valence-electron chi connectivity index (χ2n) is 6.96. The van der Waals surface area contributed by atoms with Crippen molar-refractivity contribution in [2.75, 3.05) is 38.2 Å². The van der Waals surface area contributed by atoms with Crippen LogP contribution in [0.15, 0.2) is 41.5 Å². The number of benzene rings is 1. The lowest BCUT2D eigenvalue weighted by Crippen LogP contribution is -2.26. The number of nitrogens with one attached hydrogen (secondary N) is 1. The molecule has 3 rings (SSSR count). The Kier molecular flexibility index (Phi) is 7.44. The van der Waals surface area contributed by atoms with Crippen molar-refractivity contribution < 1.29 is 17.9 Å². The third kappa shape index (κ3) is 5.58. The van der Waals surface area contributed by atoms with Crippen LogP contribution >= 0.6 is 0 Å². The smallest absolute Gasteiger partial charge is 0.374 e. The molecule has 5 nitrogen and oxygen atoms in total. The summed E-state index contributed by atoms with van der Waals surface area (Å²) in [5.74, 6) is 0.625. The van der Waals surface area contributed by atoms with E-state index in [2.05, 4.69) is 34.0 Å². The molecule has 1 aliphatic rings. The van der Waals surface area contributed by atoms with Crippen LogP contribution in [0.3, 0.4) is 0 Å². The van der Waals surface area contributed by atoms with Crippen molar-refractivity contribution in [1.29, 1.82) is 0 Å². The van der Waals surface area contributed by atoms with Gasteiger partial charge in [0.2, 0.25) is 0 Å². The summed E-state index contributed by atoms with van der Waals surface area (Å²) in [4.78, 5) is 10.6. The monoisotopic (exact) mass is 419 g/mol. The number of amidine groups is 1. The van der Waals surface area contributed by atoms with E-state index in [1.165, 1.54) is 12.3 Å². The van der Waals surface area contributed by atoms with E-state index in [1.807, 2.05) is 0 Å². The predicted molar refractivity (Wildman–Crippen MR) is 112 cm³/mol. The van der Waals surface area contributed by atoms with Crippen LogP contribution in [0.25, 0.3) is 11.3 Å². The Hall–Kier alpha value is -2.45. The molecule has 0 saturated carbocycles. The minimum atomic E-state index is -4.47. The van der Waals surface area contributed by atoms with Gasteiger partial charge in [-0.1, -0.05) is 26.0 Å². The summed E-state index contributed by atoms with van der Waals surface area (Å²) in [5.41, 5.74) is 1.03. The molecule has 1 N–H and O–H groups in total. The summed E-state index contributed by atoms with van der Waals surface area (Å²) in [5, 5.41) is 3.16. The van der Waals surface area contributed by atoms with E-state index in [4.69, 9.17) is 4.74 Å². The van der Waals surface area contributed by atoms with Crippen LogP contribution in [0, 0.1) is 6.54 Å². The lowest BCUT2D eigenvalue weighted by Gasteiger charge is -2.20. The predicted octanol–water partition coefficient (Wildman–Crippen LogP) is 4.85. The quantitative estimate of drug-likeness (QED) is 0.591. The number of aliphatic imine (C=N–C) groups is 1. The lowest BCUT2D eigenvalue weighted by molar-refractivity contribution is -0.137. The highest BCUT2D eigenvalue weighted by Crippen LogP contribution is 2.37. The van der Waals surface area contributed by atoms with Crippen molar-refractivity contribution in [3.8, 4) is 11.3 Å². The highest BCUT2D eigenvalue weighted by Gasteiger charge is 2.34. The fourth-order valence-electron chi connectivity index (χ4n) is 3.30. The van der Waals surface area contributed by atoms with Crippen molar-refractivity contribution in [2.45, 2.75) is 26.4 Å². The van der Waals surface area contributed by atoms with E-state index in [1.54, 1.807) is 24.7 Å². The highest BCUT2D eigenvalue weighted by molar-refractivity contribution is 6.00. The summed E-state index contributed by atoms with van der Waals surface area (Å²) in [6, 6.07) is 7.36. The largest absolute Gasteiger partial charge is 0.418 e. The molecule has 0 atom stereocenters. The molecule has 161 valence electrons. The molecule has 8 heteroatoms. The van der Waals surface area contributed by atoms with Gasteiger partial charge in [-0.25, -0.2) is 0 Å². The van der Waals surface area contributed by atoms with Gasteiger partial charge in [0.25, 0.3) is 0 Å². The van der Waals surface area contributed by atoms with Gasteiger partial charge in [-0.3, -0.25) is 9.98 Å². The number of nitrogens with zero attached hydrogens (tertiary/aromatic N) is 3. The zero-order valence-corrected chi connectivity index (χ0v) is 17.2. The summed E-state index contributed by atoms with van der Waals surface area (Å²) in [6.45, 7) is 9.91. The Balaban J connectivity index is 1.63. The van der Waals surface area contributed by atoms with Crippen LogP contribution in [-0.4, -0.2) is 48.6 Å². The molecule has 0 fully saturated rings. The fraction of sp³-hybridized carbons (Fsp3) is 0.409. The molecule has 2 heterocycles. The van der Waals surface area contributed by atoms with E-state index in [0.717, 1.165) is 37.7 Å². The number of hydrogen-bond donors (Lipinski definition) is 1. The van der Waals surface area contributed by atoms with Gasteiger partial charge < -0.3 is 15.0 Å². The number of ether oxygens (including phenoxy) is 1. The summed E-state index contributed by atoms with van der Waals surface area (Å²) >= 11 is 0. The average molecular weight is 419 g/mol. The van der Waals surface area contributed by atoms with Gasteiger partial charge in [-0.05, 0) is 37.7 Å². The van der Waals surface area contributed by atoms with Crippen LogP contribution in [0.1, 0.15) is 31.4 Å². The number of pyridine rings is 1. The van der Waals surface area contributed by atoms with Gasteiger partial charge in [0.1, 0.15) is 19.0 Å². The summed E-state index contributed by atoms with van der Waals surface area (Å²) in [6.07, 6.45) is -2.17. The number of fused-ring (bicyclic) bond motifs is 1. The molecular formula is C22H26F3N4O. The number of anilines is 1. The minimum Gasteiger partial charge on any atom is -0.374 e. The van der Waals surface area contributed by atoms with E-state index < -0.39 is 11.7 Å². The molecule has 30 heavy (non-hydrogen) atoms. The Morgan fingerprint density at radius 3 is 2.67 bits per heavy atom. The van der Waals surface area contributed by atoms with E-state index in [9.17, 15) is 13.2 Å². The topological polar surface area (TPSA) is 49.8 Å². The highest BCUT2D eigenvalue weighted by atomic mass is 19.4. The number of alkyl halides is 3. The van der Waals surface area contributed by atoms with E-state index in [0.29, 0.717) is 30.3 Å². The summed E-state index contributed by atoms with van der Waals surface area (Å²) < 4.78 is 45.7. The molecule has 2 aromatic rings. The molecule has 1 aromatic carbocycles. The van der Waals surface area contributed by atoms with Crippen molar-refractivity contribution >= 4 is 11.5 Å². The van der Waals surface area contributed by atoms with Crippen LogP contribution in [0.2, 0.25) is 0 Å². The number of halogens is 3. The minimum absolute atomic E-state index is 0.0914. The summed E-state index contributed by atoms with van der Waals surface area (Å²) in [7, 11) is 0. The first-order valence-electron chi connectivity index (χ1n) is 10.1. The molecule has 0 saturated heterocycles. The fourth-order valence-corrected chi connectivity index (χ4v) is 3.30. The lowest BCUT2D eigenvalue weighted by atomic mass is 10.0. The Morgan fingerprint density at radius 2 is 1.93 bits per heavy atom. The normalized spacial score (nSPS) is 13.7. The molecule has 1 aliphatic heterocycles. The molecule has 0 spiro atoms. The standard InChI is InChI=1S/C22H26F3N4O/c1-3-29(4-2)11-6-12-30-15-20-27-14-17-9-8-16(13-19(17)28-20)21-18(22(23,24)25)7-5-10-26-21/h5,7-10,13-14H,3-4,6,11-12,15H2,1-2H3,(H,27,28). The van der Waals surface area contributed by atoms with Gasteiger partial charge in [0.15, 0.2) is 0 Å². The first-order chi connectivity index (χ1) is 14.4. The first-order valence-corrected chi connectivity index (χ1v) is 10.1. The van der Waals surface area contributed by atoms with Gasteiger partial charge in [0, 0.05) is 36.2 Å². The molecule has 1 aromatic heterocycles. The second kappa shape index (κ2) is 10.0. The van der Waals surface area contributed by atoms with Crippen molar-refractivity contribution in [3.63, 3.8) is 0 Å². The molecule has 0 unspecified atom stereocenters. The zero-order valence-electron chi connectivity index (χ0n) is 17.2. The van der Waals surface area contributed by atoms with Crippen LogP contribution in [-0.2, 0) is 10.9 Å². The van der Waals surface area contributed by atoms with Gasteiger partial charge in [-0.2, -0.15) is 13.2 Å². The van der Waals surface area contributed by atoms with Crippen LogP contribution in [0.5, 0.6) is 0 Å². The van der Waals surface area contributed by atoms with Gasteiger partial charge >= 0.3 is 6.18 Å².